The molecule has 1 atom stereocenters. The van der Waals surface area contributed by atoms with Crippen LogP contribution in [0, 0.1) is 0 Å². The number of esters is 1. The molecule has 0 spiro atoms. The number of carbonyl (C=O) groups is 5. The van der Waals surface area contributed by atoms with Gasteiger partial charge in [-0.1, -0.05) is 12.1 Å². The van der Waals surface area contributed by atoms with E-state index < -0.39 is 36.2 Å². The number of fused-ring (bicyclic) bond motifs is 2. The Morgan fingerprint density at radius 2 is 1.70 bits per heavy atom. The molecule has 0 bridgehead atoms. The van der Waals surface area contributed by atoms with Crippen molar-refractivity contribution in [3.05, 3.63) is 64.7 Å². The first-order chi connectivity index (χ1) is 14.4. The number of ketones is 1. The first kappa shape index (κ1) is 19.5. The highest BCUT2D eigenvalue weighted by Crippen LogP contribution is 2.25. The molecule has 8 nitrogen and oxygen atoms in total. The molecule has 0 aliphatic carbocycles. The molecular weight excluding hydrogens is 388 g/mol. The average molecular weight is 406 g/mol. The SMILES string of the molecule is CC(C(=O)OCC(=O)c1ccc2c(c1)CCC(=O)N2)N1C(=O)c2ccccc2C1=O. The summed E-state index contributed by atoms with van der Waals surface area (Å²) in [5.41, 5.74) is 2.33. The standard InChI is InChI=1S/C22H18N2O6/c1-12(24-20(27)15-4-2-3-5-16(15)21(24)28)22(29)30-11-18(25)14-6-8-17-13(10-14)7-9-19(26)23-17/h2-6,8,10,12H,7,9,11H2,1H3,(H,23,26). The Balaban J connectivity index is 1.40. The van der Waals surface area contributed by atoms with Crippen molar-refractivity contribution in [2.75, 3.05) is 11.9 Å². The van der Waals surface area contributed by atoms with E-state index in [0.29, 0.717) is 24.1 Å². The van der Waals surface area contributed by atoms with Crippen molar-refractivity contribution in [3.63, 3.8) is 0 Å². The summed E-state index contributed by atoms with van der Waals surface area (Å²) >= 11 is 0. The maximum absolute atomic E-state index is 12.5. The molecule has 0 saturated heterocycles. The Kier molecular flexibility index (Phi) is 4.91. The summed E-state index contributed by atoms with van der Waals surface area (Å²) in [4.78, 5) is 62.1. The highest BCUT2D eigenvalue weighted by Gasteiger charge is 2.41. The highest BCUT2D eigenvalue weighted by atomic mass is 16.5. The summed E-state index contributed by atoms with van der Waals surface area (Å²) in [5, 5.41) is 2.73. The van der Waals surface area contributed by atoms with Crippen LogP contribution >= 0.6 is 0 Å². The fourth-order valence-corrected chi connectivity index (χ4v) is 3.56. The minimum absolute atomic E-state index is 0.0716. The van der Waals surface area contributed by atoms with Crippen molar-refractivity contribution < 1.29 is 28.7 Å². The second-order valence-corrected chi connectivity index (χ2v) is 7.15. The van der Waals surface area contributed by atoms with Gasteiger partial charge in [-0.15, -0.1) is 0 Å². The zero-order valence-electron chi connectivity index (χ0n) is 16.1. The topological polar surface area (TPSA) is 110 Å². The fourth-order valence-electron chi connectivity index (χ4n) is 3.56. The molecule has 4 rings (SSSR count). The molecular formula is C22H18N2O6. The third-order valence-electron chi connectivity index (χ3n) is 5.22. The Morgan fingerprint density at radius 1 is 1.03 bits per heavy atom. The fraction of sp³-hybridized carbons (Fsp3) is 0.227. The lowest BCUT2D eigenvalue weighted by atomic mass is 9.99. The number of carbonyl (C=O) groups excluding carboxylic acids is 5. The van der Waals surface area contributed by atoms with Gasteiger partial charge in [0.2, 0.25) is 5.91 Å². The van der Waals surface area contributed by atoms with Crippen molar-refractivity contribution in [3.8, 4) is 0 Å². The Bertz CT molecular complexity index is 1070. The number of imide groups is 1. The van der Waals surface area contributed by atoms with Crippen molar-refractivity contribution in [2.24, 2.45) is 0 Å². The highest BCUT2D eigenvalue weighted by molar-refractivity contribution is 6.22. The molecule has 2 aromatic carbocycles. The molecule has 152 valence electrons. The number of anilines is 1. The van der Waals surface area contributed by atoms with Crippen molar-refractivity contribution in [1.82, 2.24) is 4.90 Å². The molecule has 2 aromatic rings. The van der Waals surface area contributed by atoms with Gasteiger partial charge in [0.1, 0.15) is 6.04 Å². The first-order valence-corrected chi connectivity index (χ1v) is 9.46. The number of aryl methyl sites for hydroxylation is 1. The van der Waals surface area contributed by atoms with Gasteiger partial charge in [0.25, 0.3) is 11.8 Å². The van der Waals surface area contributed by atoms with Gasteiger partial charge in [-0.2, -0.15) is 0 Å². The lowest BCUT2D eigenvalue weighted by molar-refractivity contribution is -0.146. The molecule has 3 amide bonds. The maximum Gasteiger partial charge on any atom is 0.329 e. The molecule has 2 aliphatic heterocycles. The third-order valence-corrected chi connectivity index (χ3v) is 5.22. The van der Waals surface area contributed by atoms with Crippen molar-refractivity contribution >= 4 is 35.2 Å². The molecule has 2 aliphatic rings. The maximum atomic E-state index is 12.5. The van der Waals surface area contributed by atoms with Crippen LogP contribution in [0.2, 0.25) is 0 Å². The van der Waals surface area contributed by atoms with E-state index in [1.165, 1.54) is 19.1 Å². The smallest absolute Gasteiger partial charge is 0.329 e. The van der Waals surface area contributed by atoms with Crippen LogP contribution in [0.4, 0.5) is 5.69 Å². The summed E-state index contributed by atoms with van der Waals surface area (Å²) in [5.74, 6) is -2.47. The third kappa shape index (κ3) is 3.36. The number of nitrogens with one attached hydrogen (secondary N) is 1. The molecule has 0 fully saturated rings. The zero-order chi connectivity index (χ0) is 21.4. The van der Waals surface area contributed by atoms with E-state index >= 15 is 0 Å². The number of rotatable bonds is 5. The lowest BCUT2D eigenvalue weighted by Crippen LogP contribution is -2.44. The van der Waals surface area contributed by atoms with Crippen LogP contribution in [0.15, 0.2) is 42.5 Å². The predicted molar refractivity (Wildman–Crippen MR) is 105 cm³/mol. The largest absolute Gasteiger partial charge is 0.456 e. The van der Waals surface area contributed by atoms with Crippen LogP contribution in [0.25, 0.3) is 0 Å². The second kappa shape index (κ2) is 7.55. The number of Topliss-reactive ketones (excluding diaryl/α,β-unsaturated/α-hetero) is 1. The molecule has 0 saturated carbocycles. The number of hydrogen-bond acceptors (Lipinski definition) is 6. The Hall–Kier alpha value is -3.81. The lowest BCUT2D eigenvalue weighted by Gasteiger charge is -2.21. The van der Waals surface area contributed by atoms with Crippen molar-refractivity contribution in [1.29, 1.82) is 0 Å². The quantitative estimate of drug-likeness (QED) is 0.462. The summed E-state index contributed by atoms with van der Waals surface area (Å²) in [6.45, 7) is 0.869. The Morgan fingerprint density at radius 3 is 2.37 bits per heavy atom. The number of ether oxygens (including phenoxy) is 1. The van der Waals surface area contributed by atoms with E-state index in [9.17, 15) is 24.0 Å². The van der Waals surface area contributed by atoms with Crippen LogP contribution in [-0.4, -0.2) is 47.0 Å². The minimum Gasteiger partial charge on any atom is -0.456 e. The molecule has 1 N–H and O–H groups in total. The van der Waals surface area contributed by atoms with Crippen molar-refractivity contribution in [2.45, 2.75) is 25.8 Å². The van der Waals surface area contributed by atoms with E-state index in [2.05, 4.69) is 5.32 Å². The summed E-state index contributed by atoms with van der Waals surface area (Å²) < 4.78 is 5.08. The van der Waals surface area contributed by atoms with Gasteiger partial charge in [0, 0.05) is 17.7 Å². The molecule has 1 unspecified atom stereocenters. The van der Waals surface area contributed by atoms with Gasteiger partial charge >= 0.3 is 5.97 Å². The summed E-state index contributed by atoms with van der Waals surface area (Å²) in [6.07, 6.45) is 0.871. The van der Waals surface area contributed by atoms with E-state index in [1.807, 2.05) is 0 Å². The normalized spacial score (nSPS) is 15.9. The van der Waals surface area contributed by atoms with E-state index in [4.69, 9.17) is 4.74 Å². The zero-order valence-corrected chi connectivity index (χ0v) is 16.1. The van der Waals surface area contributed by atoms with Gasteiger partial charge in [-0.05, 0) is 49.2 Å². The number of nitrogens with zero attached hydrogens (tertiary/aromatic N) is 1. The minimum atomic E-state index is -1.16. The summed E-state index contributed by atoms with van der Waals surface area (Å²) in [7, 11) is 0. The van der Waals surface area contributed by atoms with Gasteiger partial charge in [0.05, 0.1) is 11.1 Å². The van der Waals surface area contributed by atoms with E-state index in [-0.39, 0.29) is 17.0 Å². The monoisotopic (exact) mass is 406 g/mol. The van der Waals surface area contributed by atoms with Gasteiger partial charge in [0.15, 0.2) is 12.4 Å². The number of hydrogen-bond donors (Lipinski definition) is 1. The second-order valence-electron chi connectivity index (χ2n) is 7.15. The number of benzene rings is 2. The van der Waals surface area contributed by atoms with E-state index in [1.54, 1.807) is 30.3 Å². The van der Waals surface area contributed by atoms with Gasteiger partial charge in [-0.3, -0.25) is 24.1 Å². The van der Waals surface area contributed by atoms with Crippen LogP contribution in [0.1, 0.15) is 50.0 Å². The van der Waals surface area contributed by atoms with E-state index in [0.717, 1.165) is 10.5 Å². The van der Waals surface area contributed by atoms with Gasteiger partial charge in [-0.25, -0.2) is 4.79 Å². The molecule has 8 heteroatoms. The van der Waals surface area contributed by atoms with Crippen LogP contribution in [0.3, 0.4) is 0 Å². The number of amides is 3. The first-order valence-electron chi connectivity index (χ1n) is 9.46. The summed E-state index contributed by atoms with van der Waals surface area (Å²) in [6, 6.07) is 10.0. The molecule has 0 aromatic heterocycles. The molecule has 2 heterocycles. The average Bonchev–Trinajstić information content (AvgIpc) is 3.01. The Labute approximate surface area is 171 Å². The van der Waals surface area contributed by atoms with Gasteiger partial charge < -0.3 is 10.1 Å². The van der Waals surface area contributed by atoms with Crippen LogP contribution < -0.4 is 5.32 Å². The van der Waals surface area contributed by atoms with Crippen LogP contribution in [-0.2, 0) is 20.7 Å². The predicted octanol–water partition coefficient (Wildman–Crippen LogP) is 1.98. The van der Waals surface area contributed by atoms with Crippen LogP contribution in [0.5, 0.6) is 0 Å². The molecule has 0 radical (unpaired) electrons. The molecule has 30 heavy (non-hydrogen) atoms.